The van der Waals surface area contributed by atoms with Gasteiger partial charge in [0.15, 0.2) is 0 Å². The van der Waals surface area contributed by atoms with Crippen molar-refractivity contribution in [1.29, 1.82) is 0 Å². The van der Waals surface area contributed by atoms with Crippen LogP contribution in [0.2, 0.25) is 0 Å². The molecule has 1 atom stereocenters. The molecule has 0 aromatic heterocycles. The highest BCUT2D eigenvalue weighted by atomic mass is 16.5. The molecular weight excluding hydrogens is 947 g/mol. The Bertz CT molecular complexity index is 1930. The van der Waals surface area contributed by atoms with Crippen LogP contribution in [0, 0.1) is 5.92 Å². The highest BCUT2D eigenvalue weighted by Crippen LogP contribution is 2.15. The second kappa shape index (κ2) is 45.0. The number of nitrogens with two attached hydrogens (primary N) is 1. The third kappa shape index (κ3) is 39.4. The molecule has 3 rings (SSSR count). The number of aromatic hydroxyl groups is 3. The van der Waals surface area contributed by atoms with E-state index in [-0.39, 0.29) is 145 Å². The van der Waals surface area contributed by atoms with E-state index in [9.17, 15) is 43.5 Å². The van der Waals surface area contributed by atoms with Crippen LogP contribution in [0.15, 0.2) is 72.8 Å². The van der Waals surface area contributed by atoms with E-state index < -0.39 is 5.54 Å². The van der Waals surface area contributed by atoms with Gasteiger partial charge in [-0.3, -0.25) is 24.0 Å². The van der Waals surface area contributed by atoms with Gasteiger partial charge in [-0.15, -0.1) is 0 Å². The van der Waals surface area contributed by atoms with Crippen LogP contribution in [0.5, 0.6) is 17.2 Å². The van der Waals surface area contributed by atoms with Crippen LogP contribution in [0.4, 0.5) is 17.1 Å². The van der Waals surface area contributed by atoms with Gasteiger partial charge in [-0.1, -0.05) is 27.7 Å². The van der Waals surface area contributed by atoms with Gasteiger partial charge in [0.05, 0.1) is 39.6 Å². The van der Waals surface area contributed by atoms with Gasteiger partial charge in [0.25, 0.3) is 0 Å². The number of aldehydes is 3. The minimum absolute atomic E-state index is 0.000185. The standard InChI is InChI=1S/C33H50N4O11.C7H9NO.C6H7NO.C4H9NO.C2H6/c1-25(2)28(41)6-3-7-32(45)37-33(22-46-19-5-18-39,23-47-20-13-29(42)34-15-4-17-38)24-48-21-14-30(43)35-16-12-31(44)36-26-8-10-27(40)11-9-26;1-8-6-2-4-7(9)5-3-6;7-5-1-3-6(8)4-2-5;1-5-3-2-4-6;1-2/h8-11,17-18,25,40H,3-7,12-16,19-24H2,1-2H3,(H,34,42)(H,35,43)(H,36,44)(H,37,45);2-5,8-9H,1H3;1-4,8H,7H2;4-5H,2-3H2,1H3;1-2H3. The molecule has 11 N–H and O–H groups in total. The molecule has 21 nitrogen and oxygen atoms in total. The van der Waals surface area contributed by atoms with Crippen LogP contribution in [0.1, 0.15) is 85.5 Å². The van der Waals surface area contributed by atoms with Gasteiger partial charge in [0.1, 0.15) is 47.4 Å². The molecule has 408 valence electrons. The zero-order chi connectivity index (χ0) is 55.1. The van der Waals surface area contributed by atoms with Gasteiger partial charge in [0.2, 0.25) is 23.6 Å². The lowest BCUT2D eigenvalue weighted by molar-refractivity contribution is -0.130. The molecule has 0 aliphatic carbocycles. The summed E-state index contributed by atoms with van der Waals surface area (Å²) in [7, 11) is 3.66. The van der Waals surface area contributed by atoms with Gasteiger partial charge < -0.3 is 81.5 Å². The smallest absolute Gasteiger partial charge is 0.226 e. The zero-order valence-electron chi connectivity index (χ0n) is 43.4. The molecule has 0 bridgehead atoms. The van der Waals surface area contributed by atoms with Crippen LogP contribution in [-0.4, -0.2) is 142 Å². The number of rotatable bonds is 32. The Morgan fingerprint density at radius 2 is 1.01 bits per heavy atom. The SMILES string of the molecule is CC.CC(C)C(=O)CCCC(=O)NC(COCCC=O)(COCCC(=O)NCCC=O)COCCC(=O)NCCC(=O)Nc1ccc(O)cc1.CNCCC=O.CNc1ccc(O)cc1.Nc1ccc(O)cc1. The first kappa shape index (κ1) is 68.1. The molecule has 3 aromatic carbocycles. The molecule has 0 fully saturated rings. The van der Waals surface area contributed by atoms with Crippen molar-refractivity contribution in [2.45, 2.75) is 91.0 Å². The van der Waals surface area contributed by atoms with Crippen LogP contribution in [0.25, 0.3) is 0 Å². The first-order chi connectivity index (χ1) is 35.0. The number of benzene rings is 3. The van der Waals surface area contributed by atoms with E-state index in [4.69, 9.17) is 30.2 Å². The van der Waals surface area contributed by atoms with Crippen molar-refractivity contribution in [2.24, 2.45) is 5.92 Å². The third-order valence-electron chi connectivity index (χ3n) is 9.31. The van der Waals surface area contributed by atoms with Crippen molar-refractivity contribution < 1.29 is 67.9 Å². The summed E-state index contributed by atoms with van der Waals surface area (Å²) in [5.41, 5.74) is 6.25. The normalized spacial score (nSPS) is 10.8. The van der Waals surface area contributed by atoms with Gasteiger partial charge in [0, 0.05) is 101 Å². The first-order valence-electron chi connectivity index (χ1n) is 24.2. The highest BCUT2D eigenvalue weighted by Gasteiger charge is 2.34. The largest absolute Gasteiger partial charge is 0.508 e. The summed E-state index contributed by atoms with van der Waals surface area (Å²) in [4.78, 5) is 92.3. The number of ether oxygens (including phenoxy) is 3. The Kier molecular flexibility index (Phi) is 42.0. The van der Waals surface area contributed by atoms with Gasteiger partial charge in [-0.05, 0) is 86.3 Å². The van der Waals surface area contributed by atoms with Crippen molar-refractivity contribution in [3.63, 3.8) is 0 Å². The number of carbonyl (C=O) groups is 8. The summed E-state index contributed by atoms with van der Waals surface area (Å²) in [6, 6.07) is 19.3. The van der Waals surface area contributed by atoms with E-state index >= 15 is 0 Å². The van der Waals surface area contributed by atoms with Crippen molar-refractivity contribution >= 4 is 65.3 Å². The van der Waals surface area contributed by atoms with Crippen LogP contribution in [-0.2, 0) is 52.6 Å². The Labute approximate surface area is 430 Å². The minimum Gasteiger partial charge on any atom is -0.508 e. The molecule has 3 aromatic rings. The fourth-order valence-electron chi connectivity index (χ4n) is 5.40. The maximum Gasteiger partial charge on any atom is 0.226 e. The quantitative estimate of drug-likeness (QED) is 0.0179. The summed E-state index contributed by atoms with van der Waals surface area (Å²) in [6.45, 7) is 8.32. The first-order valence-corrected chi connectivity index (χ1v) is 24.2. The summed E-state index contributed by atoms with van der Waals surface area (Å²) in [5, 5.41) is 43.4. The summed E-state index contributed by atoms with van der Waals surface area (Å²) >= 11 is 0. The molecule has 0 aliphatic heterocycles. The number of anilines is 3. The molecule has 21 heteroatoms. The topological polar surface area (TPSA) is 323 Å². The van der Waals surface area contributed by atoms with Crippen molar-refractivity contribution in [2.75, 3.05) is 89.7 Å². The van der Waals surface area contributed by atoms with E-state index in [1.54, 1.807) is 62.4 Å². The molecule has 0 saturated carbocycles. The summed E-state index contributed by atoms with van der Waals surface area (Å²) in [6.07, 6.45) is 3.83. The summed E-state index contributed by atoms with van der Waals surface area (Å²) < 4.78 is 17.2. The zero-order valence-corrected chi connectivity index (χ0v) is 43.4. The Balaban J connectivity index is 0. The lowest BCUT2D eigenvalue weighted by Gasteiger charge is -2.34. The lowest BCUT2D eigenvalue weighted by atomic mass is 10.0. The van der Waals surface area contributed by atoms with Crippen molar-refractivity contribution in [3.8, 4) is 17.2 Å². The van der Waals surface area contributed by atoms with E-state index in [1.165, 1.54) is 12.1 Å². The number of nitrogen functional groups attached to an aromatic ring is 1. The maximum absolute atomic E-state index is 13.0. The van der Waals surface area contributed by atoms with Crippen LogP contribution in [0.3, 0.4) is 0 Å². The van der Waals surface area contributed by atoms with Crippen LogP contribution >= 0.6 is 0 Å². The fourth-order valence-corrected chi connectivity index (χ4v) is 5.40. The van der Waals surface area contributed by atoms with Gasteiger partial charge in [-0.25, -0.2) is 0 Å². The molecule has 0 saturated heterocycles. The van der Waals surface area contributed by atoms with E-state index in [0.717, 1.165) is 18.5 Å². The average Bonchev–Trinajstić information content (AvgIpc) is 3.38. The molecule has 4 amide bonds. The molecule has 0 radical (unpaired) electrons. The van der Waals surface area contributed by atoms with Gasteiger partial charge >= 0.3 is 0 Å². The maximum atomic E-state index is 13.0. The van der Waals surface area contributed by atoms with E-state index in [2.05, 4.69) is 31.9 Å². The number of phenols is 3. The van der Waals surface area contributed by atoms with E-state index in [1.807, 2.05) is 40.1 Å². The third-order valence-corrected chi connectivity index (χ3v) is 9.31. The molecule has 0 heterocycles. The number of amides is 4. The number of Topliss-reactive ketones (excluding diaryl/α,β-unsaturated/α-hetero) is 1. The molecule has 73 heavy (non-hydrogen) atoms. The summed E-state index contributed by atoms with van der Waals surface area (Å²) in [5.74, 6) is -0.862. The average molecular weight is 1030 g/mol. The second-order valence-corrected chi connectivity index (χ2v) is 15.9. The lowest BCUT2D eigenvalue weighted by Crippen LogP contribution is -2.58. The van der Waals surface area contributed by atoms with Gasteiger partial charge in [-0.2, -0.15) is 0 Å². The van der Waals surface area contributed by atoms with Crippen LogP contribution < -0.4 is 37.6 Å². The molecule has 1 unspecified atom stereocenters. The Morgan fingerprint density at radius 3 is 1.45 bits per heavy atom. The number of carbonyl (C=O) groups excluding carboxylic acids is 8. The predicted molar refractivity (Wildman–Crippen MR) is 281 cm³/mol. The highest BCUT2D eigenvalue weighted by molar-refractivity contribution is 5.91. The Morgan fingerprint density at radius 1 is 0.562 bits per heavy atom. The predicted octanol–water partition coefficient (Wildman–Crippen LogP) is 4.44. The fraction of sp³-hybridized carbons (Fsp3) is 0.500. The number of phenolic OH excluding ortho intramolecular Hbond substituents is 3. The molecular formula is C52H81N7O14. The second-order valence-electron chi connectivity index (χ2n) is 15.9. The minimum atomic E-state index is -1.25. The number of hydrogen-bond acceptors (Lipinski definition) is 17. The number of ketones is 1. The monoisotopic (exact) mass is 1030 g/mol. The number of nitrogens with one attached hydrogen (secondary N) is 6. The Hall–Kier alpha value is -6.94. The van der Waals surface area contributed by atoms with E-state index in [0.29, 0.717) is 42.5 Å². The van der Waals surface area contributed by atoms with Crippen molar-refractivity contribution in [1.82, 2.24) is 21.3 Å². The number of hydrogen-bond donors (Lipinski definition) is 10. The molecule has 0 aliphatic rings. The van der Waals surface area contributed by atoms with Crippen molar-refractivity contribution in [3.05, 3.63) is 72.8 Å². The molecule has 0 spiro atoms.